The highest BCUT2D eigenvalue weighted by molar-refractivity contribution is 5.72. The number of halogens is 1. The lowest BCUT2D eigenvalue weighted by Crippen LogP contribution is -2.38. The molecule has 12 heteroatoms. The number of hydrogen-bond acceptors (Lipinski definition) is 10. The monoisotopic (exact) mass is 541 g/mol. The molecular formula is C27H32FN5O6. The van der Waals surface area contributed by atoms with Crippen molar-refractivity contribution in [1.82, 2.24) is 15.0 Å². The van der Waals surface area contributed by atoms with Gasteiger partial charge in [0.05, 0.1) is 19.8 Å². The standard InChI is InChI=1S/C27H32FN5O6/c1-3-37-23(24(34)35)18-19-4-8-21(9-5-19)38-17-12-32(2)25-29-26(33-13-15-36-16-14-33)31-27(30-25)39-22-10-6-20(28)7-11-22/h4-11,23H,3,12-18H2,1-2H3,(H,34,35)/t23-/m0/s1. The Labute approximate surface area is 226 Å². The van der Waals surface area contributed by atoms with E-state index in [0.717, 1.165) is 5.56 Å². The van der Waals surface area contributed by atoms with Gasteiger partial charge in [0.1, 0.15) is 23.9 Å². The van der Waals surface area contributed by atoms with E-state index in [-0.39, 0.29) is 18.2 Å². The number of nitrogens with zero attached hydrogens (tertiary/aromatic N) is 5. The summed E-state index contributed by atoms with van der Waals surface area (Å²) in [5.41, 5.74) is 0.842. The number of anilines is 2. The first-order chi connectivity index (χ1) is 18.9. The molecule has 2 aromatic carbocycles. The number of carbonyl (C=O) groups is 1. The van der Waals surface area contributed by atoms with Gasteiger partial charge in [-0.2, -0.15) is 15.0 Å². The van der Waals surface area contributed by atoms with E-state index in [1.807, 2.05) is 29.0 Å². The lowest BCUT2D eigenvalue weighted by atomic mass is 10.1. The van der Waals surface area contributed by atoms with Gasteiger partial charge in [-0.15, -0.1) is 0 Å². The molecule has 1 aliphatic heterocycles. The summed E-state index contributed by atoms with van der Waals surface area (Å²) < 4.78 is 35.7. The number of likely N-dealkylation sites (N-methyl/N-ethyl adjacent to an activating group) is 1. The Hall–Kier alpha value is -4.03. The van der Waals surface area contributed by atoms with Crippen molar-refractivity contribution in [2.75, 3.05) is 62.9 Å². The summed E-state index contributed by atoms with van der Waals surface area (Å²) in [6, 6.07) is 13.0. The zero-order chi connectivity index (χ0) is 27.6. The third-order valence-electron chi connectivity index (χ3n) is 5.93. The molecule has 1 aromatic heterocycles. The largest absolute Gasteiger partial charge is 0.492 e. The van der Waals surface area contributed by atoms with Crippen LogP contribution in [0.3, 0.4) is 0 Å². The van der Waals surface area contributed by atoms with Crippen LogP contribution in [0.4, 0.5) is 16.3 Å². The summed E-state index contributed by atoms with van der Waals surface area (Å²) in [7, 11) is 1.84. The number of ether oxygens (including phenoxy) is 4. The topological polar surface area (TPSA) is 119 Å². The molecule has 1 fully saturated rings. The molecule has 1 N–H and O–H groups in total. The van der Waals surface area contributed by atoms with Gasteiger partial charge in [-0.3, -0.25) is 0 Å². The fourth-order valence-electron chi connectivity index (χ4n) is 3.82. The van der Waals surface area contributed by atoms with E-state index in [4.69, 9.17) is 18.9 Å². The average molecular weight is 542 g/mol. The predicted molar refractivity (Wildman–Crippen MR) is 141 cm³/mol. The number of aromatic nitrogens is 3. The van der Waals surface area contributed by atoms with Crippen molar-refractivity contribution in [1.29, 1.82) is 0 Å². The van der Waals surface area contributed by atoms with Crippen LogP contribution in [0.25, 0.3) is 0 Å². The third-order valence-corrected chi connectivity index (χ3v) is 5.93. The zero-order valence-corrected chi connectivity index (χ0v) is 22.0. The number of hydrogen-bond donors (Lipinski definition) is 1. The molecule has 4 rings (SSSR count). The first kappa shape index (κ1) is 28.0. The summed E-state index contributed by atoms with van der Waals surface area (Å²) in [6.07, 6.45) is -0.602. The first-order valence-corrected chi connectivity index (χ1v) is 12.7. The van der Waals surface area contributed by atoms with Crippen molar-refractivity contribution in [3.8, 4) is 17.5 Å². The number of carboxylic acid groups (broad SMARTS) is 1. The maximum Gasteiger partial charge on any atom is 0.333 e. The smallest absolute Gasteiger partial charge is 0.333 e. The molecule has 0 saturated carbocycles. The summed E-state index contributed by atoms with van der Waals surface area (Å²) >= 11 is 0. The molecule has 2 heterocycles. The van der Waals surface area contributed by atoms with Crippen molar-refractivity contribution >= 4 is 17.9 Å². The second kappa shape index (κ2) is 13.7. The van der Waals surface area contributed by atoms with Crippen LogP contribution in [-0.2, 0) is 20.7 Å². The fraction of sp³-hybridized carbons (Fsp3) is 0.407. The van der Waals surface area contributed by atoms with Crippen molar-refractivity contribution in [3.63, 3.8) is 0 Å². The van der Waals surface area contributed by atoms with Crippen molar-refractivity contribution in [3.05, 3.63) is 59.9 Å². The number of benzene rings is 2. The normalized spacial score (nSPS) is 14.1. The Morgan fingerprint density at radius 1 is 1.08 bits per heavy atom. The van der Waals surface area contributed by atoms with Crippen LogP contribution in [0.5, 0.6) is 17.5 Å². The number of aliphatic carboxylic acids is 1. The van der Waals surface area contributed by atoms with E-state index in [2.05, 4.69) is 15.0 Å². The van der Waals surface area contributed by atoms with Gasteiger partial charge in [0, 0.05) is 33.2 Å². The van der Waals surface area contributed by atoms with Crippen molar-refractivity contribution in [2.45, 2.75) is 19.4 Å². The van der Waals surface area contributed by atoms with Crippen LogP contribution in [-0.4, -0.2) is 85.2 Å². The van der Waals surface area contributed by atoms with Crippen LogP contribution in [0, 0.1) is 5.82 Å². The summed E-state index contributed by atoms with van der Waals surface area (Å²) in [4.78, 5) is 28.7. The second-order valence-electron chi connectivity index (χ2n) is 8.77. The maximum atomic E-state index is 13.3. The summed E-state index contributed by atoms with van der Waals surface area (Å²) in [6.45, 7) is 5.33. The molecule has 0 aliphatic carbocycles. The minimum Gasteiger partial charge on any atom is -0.492 e. The highest BCUT2D eigenvalue weighted by Crippen LogP contribution is 2.23. The predicted octanol–water partition coefficient (Wildman–Crippen LogP) is 3.19. The van der Waals surface area contributed by atoms with Gasteiger partial charge in [-0.05, 0) is 48.9 Å². The van der Waals surface area contributed by atoms with E-state index >= 15 is 0 Å². The van der Waals surface area contributed by atoms with Crippen molar-refractivity contribution < 1.29 is 33.2 Å². The lowest BCUT2D eigenvalue weighted by Gasteiger charge is -2.27. The Morgan fingerprint density at radius 2 is 1.77 bits per heavy atom. The van der Waals surface area contributed by atoms with Gasteiger partial charge in [0.25, 0.3) is 0 Å². The van der Waals surface area contributed by atoms with Gasteiger partial charge in [0.15, 0.2) is 6.10 Å². The molecule has 1 aliphatic rings. The summed E-state index contributed by atoms with van der Waals surface area (Å²) in [5.74, 6) is 0.583. The van der Waals surface area contributed by atoms with Gasteiger partial charge in [0.2, 0.25) is 11.9 Å². The maximum absolute atomic E-state index is 13.3. The van der Waals surface area contributed by atoms with Gasteiger partial charge < -0.3 is 33.9 Å². The molecule has 0 unspecified atom stereocenters. The molecule has 11 nitrogen and oxygen atoms in total. The molecule has 0 bridgehead atoms. The van der Waals surface area contributed by atoms with E-state index in [1.165, 1.54) is 24.3 Å². The minimum atomic E-state index is -0.985. The molecule has 208 valence electrons. The quantitative estimate of drug-likeness (QED) is 0.344. The van der Waals surface area contributed by atoms with E-state index in [9.17, 15) is 14.3 Å². The molecule has 0 spiro atoms. The summed E-state index contributed by atoms with van der Waals surface area (Å²) in [5, 5.41) is 9.28. The highest BCUT2D eigenvalue weighted by atomic mass is 19.1. The minimum absolute atomic E-state index is 0.100. The fourth-order valence-corrected chi connectivity index (χ4v) is 3.82. The highest BCUT2D eigenvalue weighted by Gasteiger charge is 2.20. The second-order valence-corrected chi connectivity index (χ2v) is 8.77. The van der Waals surface area contributed by atoms with Crippen LogP contribution < -0.4 is 19.3 Å². The number of rotatable bonds is 13. The molecule has 0 amide bonds. The molecule has 1 atom stereocenters. The number of carboxylic acids is 1. The Bertz CT molecular complexity index is 1210. The third kappa shape index (κ3) is 8.23. The molecular weight excluding hydrogens is 509 g/mol. The van der Waals surface area contributed by atoms with Crippen LogP contribution in [0.1, 0.15) is 12.5 Å². The molecule has 0 radical (unpaired) electrons. The van der Waals surface area contributed by atoms with E-state index in [0.29, 0.717) is 69.5 Å². The van der Waals surface area contributed by atoms with E-state index < -0.39 is 12.1 Å². The van der Waals surface area contributed by atoms with E-state index in [1.54, 1.807) is 19.1 Å². The zero-order valence-electron chi connectivity index (χ0n) is 22.0. The van der Waals surface area contributed by atoms with Gasteiger partial charge >= 0.3 is 12.0 Å². The Balaban J connectivity index is 1.39. The molecule has 39 heavy (non-hydrogen) atoms. The van der Waals surface area contributed by atoms with Crippen molar-refractivity contribution in [2.24, 2.45) is 0 Å². The van der Waals surface area contributed by atoms with Gasteiger partial charge in [-0.25, -0.2) is 9.18 Å². The average Bonchev–Trinajstić information content (AvgIpc) is 2.95. The Morgan fingerprint density at radius 3 is 2.44 bits per heavy atom. The molecule has 3 aromatic rings. The van der Waals surface area contributed by atoms with Crippen LogP contribution >= 0.6 is 0 Å². The van der Waals surface area contributed by atoms with Crippen LogP contribution in [0.15, 0.2) is 48.5 Å². The lowest BCUT2D eigenvalue weighted by molar-refractivity contribution is -0.149. The first-order valence-electron chi connectivity index (χ1n) is 12.7. The van der Waals surface area contributed by atoms with Crippen LogP contribution in [0.2, 0.25) is 0 Å². The van der Waals surface area contributed by atoms with Gasteiger partial charge in [-0.1, -0.05) is 12.1 Å². The SMILES string of the molecule is CCO[C@@H](Cc1ccc(OCCN(C)c2nc(Oc3ccc(F)cc3)nc(N3CCOCC3)n2)cc1)C(=O)O. The Kier molecular flexibility index (Phi) is 9.81. The molecule has 1 saturated heterocycles. The number of morpholine rings is 1.